The Hall–Kier alpha value is -2.01. The molecule has 5 heteroatoms. The molecule has 2 rings (SSSR count). The van der Waals surface area contributed by atoms with Gasteiger partial charge in [-0.15, -0.1) is 10.2 Å². The van der Waals surface area contributed by atoms with E-state index >= 15 is 0 Å². The number of pyridine rings is 1. The quantitative estimate of drug-likeness (QED) is 0.858. The molecular formula is C12H14N4O. The van der Waals surface area contributed by atoms with Gasteiger partial charge in [-0.1, -0.05) is 6.07 Å². The van der Waals surface area contributed by atoms with Crippen LogP contribution < -0.4 is 10.5 Å². The molecular weight excluding hydrogens is 216 g/mol. The van der Waals surface area contributed by atoms with Crippen LogP contribution in [0.5, 0.6) is 5.88 Å². The standard InChI is InChI=1S/C12H14N4O/c1-8-5-9(7-14-6-8)12(13)10-3-4-11(17-2)16-15-10/h3-7,12H,13H2,1-2H3. The van der Waals surface area contributed by atoms with Gasteiger partial charge in [-0.25, -0.2) is 0 Å². The summed E-state index contributed by atoms with van der Waals surface area (Å²) in [5.74, 6) is 0.475. The summed E-state index contributed by atoms with van der Waals surface area (Å²) in [7, 11) is 1.55. The van der Waals surface area contributed by atoms with Gasteiger partial charge in [0.15, 0.2) is 0 Å². The summed E-state index contributed by atoms with van der Waals surface area (Å²) in [6.07, 6.45) is 3.53. The highest BCUT2D eigenvalue weighted by Gasteiger charge is 2.11. The van der Waals surface area contributed by atoms with Crippen LogP contribution in [0.1, 0.15) is 22.9 Å². The lowest BCUT2D eigenvalue weighted by molar-refractivity contribution is 0.390. The Morgan fingerprint density at radius 3 is 2.65 bits per heavy atom. The second-order valence-corrected chi connectivity index (χ2v) is 3.77. The van der Waals surface area contributed by atoms with Gasteiger partial charge in [-0.3, -0.25) is 4.98 Å². The fourth-order valence-electron chi connectivity index (χ4n) is 1.52. The van der Waals surface area contributed by atoms with E-state index in [0.717, 1.165) is 11.1 Å². The second kappa shape index (κ2) is 4.88. The molecule has 1 atom stereocenters. The van der Waals surface area contributed by atoms with E-state index in [0.29, 0.717) is 11.6 Å². The van der Waals surface area contributed by atoms with Crippen molar-refractivity contribution in [3.8, 4) is 5.88 Å². The Morgan fingerprint density at radius 1 is 1.24 bits per heavy atom. The third-order valence-corrected chi connectivity index (χ3v) is 2.44. The fraction of sp³-hybridized carbons (Fsp3) is 0.250. The number of rotatable bonds is 3. The summed E-state index contributed by atoms with van der Waals surface area (Å²) >= 11 is 0. The zero-order valence-corrected chi connectivity index (χ0v) is 9.79. The van der Waals surface area contributed by atoms with E-state index in [-0.39, 0.29) is 6.04 Å². The van der Waals surface area contributed by atoms with Gasteiger partial charge in [0.25, 0.3) is 0 Å². The molecule has 1 unspecified atom stereocenters. The number of hydrogen-bond donors (Lipinski definition) is 1. The number of nitrogens with two attached hydrogens (primary N) is 1. The summed E-state index contributed by atoms with van der Waals surface area (Å²) in [6.45, 7) is 1.98. The summed E-state index contributed by atoms with van der Waals surface area (Å²) in [5.41, 5.74) is 8.78. The van der Waals surface area contributed by atoms with E-state index in [4.69, 9.17) is 10.5 Å². The lowest BCUT2D eigenvalue weighted by Gasteiger charge is -2.11. The molecule has 0 aromatic carbocycles. The molecule has 0 amide bonds. The normalized spacial score (nSPS) is 12.2. The van der Waals surface area contributed by atoms with E-state index in [1.54, 1.807) is 31.6 Å². The minimum atomic E-state index is -0.319. The van der Waals surface area contributed by atoms with Gasteiger partial charge < -0.3 is 10.5 Å². The van der Waals surface area contributed by atoms with Gasteiger partial charge in [0, 0.05) is 18.5 Å². The first-order valence-corrected chi connectivity index (χ1v) is 5.25. The molecule has 0 fully saturated rings. The van der Waals surface area contributed by atoms with Gasteiger partial charge in [0.2, 0.25) is 5.88 Å². The number of methoxy groups -OCH3 is 1. The minimum absolute atomic E-state index is 0.319. The van der Waals surface area contributed by atoms with E-state index in [9.17, 15) is 0 Å². The van der Waals surface area contributed by atoms with Crippen molar-refractivity contribution in [2.45, 2.75) is 13.0 Å². The van der Waals surface area contributed by atoms with Crippen molar-refractivity contribution in [2.75, 3.05) is 7.11 Å². The van der Waals surface area contributed by atoms with Crippen molar-refractivity contribution in [1.82, 2.24) is 15.2 Å². The molecule has 88 valence electrons. The highest BCUT2D eigenvalue weighted by Crippen LogP contribution is 2.18. The van der Waals surface area contributed by atoms with Crippen LogP contribution in [0.15, 0.2) is 30.6 Å². The first kappa shape index (κ1) is 11.5. The van der Waals surface area contributed by atoms with E-state index in [1.165, 1.54) is 0 Å². The monoisotopic (exact) mass is 230 g/mol. The number of aromatic nitrogens is 3. The molecule has 0 aliphatic rings. The zero-order chi connectivity index (χ0) is 12.3. The second-order valence-electron chi connectivity index (χ2n) is 3.77. The molecule has 0 radical (unpaired) electrons. The molecule has 2 heterocycles. The van der Waals surface area contributed by atoms with Crippen LogP contribution in [-0.4, -0.2) is 22.3 Å². The topological polar surface area (TPSA) is 73.9 Å². The third kappa shape index (κ3) is 2.57. The molecule has 2 aromatic rings. The maximum absolute atomic E-state index is 6.09. The Labute approximate surface area is 99.7 Å². The SMILES string of the molecule is COc1ccc(C(N)c2cncc(C)c2)nn1. The van der Waals surface area contributed by atoms with E-state index < -0.39 is 0 Å². The molecule has 0 aliphatic carbocycles. The van der Waals surface area contributed by atoms with Crippen LogP contribution in [0.4, 0.5) is 0 Å². The Bertz CT molecular complexity index is 498. The van der Waals surface area contributed by atoms with Gasteiger partial charge in [0.1, 0.15) is 0 Å². The highest BCUT2D eigenvalue weighted by molar-refractivity contribution is 5.27. The predicted octanol–water partition coefficient (Wildman–Crippen LogP) is 1.24. The van der Waals surface area contributed by atoms with Crippen LogP contribution >= 0.6 is 0 Å². The van der Waals surface area contributed by atoms with Gasteiger partial charge in [-0.2, -0.15) is 0 Å². The lowest BCUT2D eigenvalue weighted by Crippen LogP contribution is -2.14. The van der Waals surface area contributed by atoms with E-state index in [2.05, 4.69) is 15.2 Å². The maximum Gasteiger partial charge on any atom is 0.233 e. The lowest BCUT2D eigenvalue weighted by atomic mass is 10.1. The Balaban J connectivity index is 2.27. The molecule has 2 aromatic heterocycles. The van der Waals surface area contributed by atoms with Crippen LogP contribution in [0.3, 0.4) is 0 Å². The van der Waals surface area contributed by atoms with Gasteiger partial charge >= 0.3 is 0 Å². The van der Waals surface area contributed by atoms with Gasteiger partial charge in [-0.05, 0) is 24.1 Å². The fourth-order valence-corrected chi connectivity index (χ4v) is 1.52. The first-order valence-electron chi connectivity index (χ1n) is 5.25. The molecule has 0 aliphatic heterocycles. The summed E-state index contributed by atoms with van der Waals surface area (Å²) in [4.78, 5) is 4.11. The number of nitrogens with zero attached hydrogens (tertiary/aromatic N) is 3. The van der Waals surface area contributed by atoms with Crippen molar-refractivity contribution < 1.29 is 4.74 Å². The largest absolute Gasteiger partial charge is 0.480 e. The molecule has 5 nitrogen and oxygen atoms in total. The number of hydrogen-bond acceptors (Lipinski definition) is 5. The summed E-state index contributed by atoms with van der Waals surface area (Å²) in [6, 6.07) is 5.22. The predicted molar refractivity (Wildman–Crippen MR) is 63.6 cm³/mol. The smallest absolute Gasteiger partial charge is 0.233 e. The van der Waals surface area contributed by atoms with Gasteiger partial charge in [0.05, 0.1) is 18.8 Å². The number of aryl methyl sites for hydroxylation is 1. The minimum Gasteiger partial charge on any atom is -0.480 e. The van der Waals surface area contributed by atoms with Crippen molar-refractivity contribution in [3.05, 3.63) is 47.4 Å². The van der Waals surface area contributed by atoms with Crippen molar-refractivity contribution in [2.24, 2.45) is 5.73 Å². The van der Waals surface area contributed by atoms with Crippen molar-refractivity contribution in [1.29, 1.82) is 0 Å². The zero-order valence-electron chi connectivity index (χ0n) is 9.79. The van der Waals surface area contributed by atoms with Crippen molar-refractivity contribution >= 4 is 0 Å². The van der Waals surface area contributed by atoms with Crippen LogP contribution in [0.25, 0.3) is 0 Å². The summed E-state index contributed by atoms with van der Waals surface area (Å²) < 4.78 is 4.95. The van der Waals surface area contributed by atoms with E-state index in [1.807, 2.05) is 13.0 Å². The first-order chi connectivity index (χ1) is 8.20. The Morgan fingerprint density at radius 2 is 2.06 bits per heavy atom. The molecule has 2 N–H and O–H groups in total. The molecule has 0 bridgehead atoms. The van der Waals surface area contributed by atoms with Crippen LogP contribution in [0, 0.1) is 6.92 Å². The molecule has 17 heavy (non-hydrogen) atoms. The third-order valence-electron chi connectivity index (χ3n) is 2.44. The Kier molecular flexibility index (Phi) is 3.30. The molecule has 0 saturated carbocycles. The molecule has 0 saturated heterocycles. The average molecular weight is 230 g/mol. The van der Waals surface area contributed by atoms with Crippen molar-refractivity contribution in [3.63, 3.8) is 0 Å². The molecule has 0 spiro atoms. The number of ether oxygens (including phenoxy) is 1. The average Bonchev–Trinajstić information content (AvgIpc) is 2.38. The van der Waals surface area contributed by atoms with Crippen LogP contribution in [0.2, 0.25) is 0 Å². The summed E-state index contributed by atoms with van der Waals surface area (Å²) in [5, 5.41) is 7.92. The van der Waals surface area contributed by atoms with Crippen LogP contribution in [-0.2, 0) is 0 Å². The maximum atomic E-state index is 6.09. The highest BCUT2D eigenvalue weighted by atomic mass is 16.5.